The van der Waals surface area contributed by atoms with Gasteiger partial charge in [0.25, 0.3) is 5.91 Å². The number of nitrogens with zero attached hydrogens (tertiary/aromatic N) is 19. The Kier molecular flexibility index (Phi) is 26.3. The van der Waals surface area contributed by atoms with Crippen molar-refractivity contribution in [2.45, 2.75) is 145 Å². The van der Waals surface area contributed by atoms with Crippen LogP contribution in [0.3, 0.4) is 0 Å². The average Bonchev–Trinajstić information content (AvgIpc) is 1.63. The molecule has 0 radical (unpaired) electrons. The highest BCUT2D eigenvalue weighted by Gasteiger charge is 2.33. The number of ether oxygens (including phenoxy) is 1. The van der Waals surface area contributed by atoms with Crippen molar-refractivity contribution >= 4 is 85.2 Å². The molecule has 31 nitrogen and oxygen atoms in total. The summed E-state index contributed by atoms with van der Waals surface area (Å²) in [4.78, 5) is 71.9. The van der Waals surface area contributed by atoms with E-state index in [-0.39, 0.29) is 24.8 Å². The maximum atomic E-state index is 12.9. The second-order valence-corrected chi connectivity index (χ2v) is 30.1. The lowest BCUT2D eigenvalue weighted by molar-refractivity contribution is -0.121. The fourth-order valence-electron chi connectivity index (χ4n) is 12.2. The van der Waals surface area contributed by atoms with Crippen LogP contribution >= 0.6 is 0 Å². The number of amides is 2. The number of aromatic nitrogens is 19. The topological polar surface area (TPSA) is 449 Å². The van der Waals surface area contributed by atoms with Crippen LogP contribution in [0.1, 0.15) is 128 Å². The predicted octanol–water partition coefficient (Wildman–Crippen LogP) is 11.8. The summed E-state index contributed by atoms with van der Waals surface area (Å²) in [6, 6.07) is 37.7. The molecule has 0 aliphatic rings. The first-order chi connectivity index (χ1) is 54.0. The highest BCUT2D eigenvalue weighted by atomic mass is 16.5. The Balaban J connectivity index is 0.000000162. The number of carbonyl (C=O) groups excluding carboxylic acids is 2. The minimum Gasteiger partial charge on any atom is -0.493 e. The zero-order valence-electron chi connectivity index (χ0n) is 66.3. The van der Waals surface area contributed by atoms with Gasteiger partial charge in [-0.05, 0) is 115 Å². The molecule has 114 heavy (non-hydrogen) atoms. The average molecular weight is 1540 g/mol. The van der Waals surface area contributed by atoms with Crippen LogP contribution in [0, 0.1) is 27.7 Å². The summed E-state index contributed by atoms with van der Waals surface area (Å²) in [5.74, 6) is 2.48. The van der Waals surface area contributed by atoms with E-state index in [1.54, 1.807) is 41.5 Å². The highest BCUT2D eigenvalue weighted by molar-refractivity contribution is 6.01. The number of unbranched alkanes of at least 4 members (excludes halogenated alkanes) is 1. The Bertz CT molecular complexity index is 5600. The maximum absolute atomic E-state index is 12.9. The van der Waals surface area contributed by atoms with Crippen LogP contribution in [-0.2, 0) is 27.0 Å². The molecule has 31 heteroatoms. The van der Waals surface area contributed by atoms with E-state index in [0.717, 1.165) is 74.1 Å². The Hall–Kier alpha value is -13.0. The molecule has 0 bridgehead atoms. The molecule has 0 atom stereocenters. The van der Waals surface area contributed by atoms with Crippen molar-refractivity contribution in [3.05, 3.63) is 187 Å². The van der Waals surface area contributed by atoms with E-state index < -0.39 is 16.6 Å². The third kappa shape index (κ3) is 19.1. The molecule has 10 aromatic heterocycles. The number of nitrogen functional groups attached to an aromatic ring is 4. The minimum absolute atomic E-state index is 0. The number of benzene rings is 4. The summed E-state index contributed by atoms with van der Waals surface area (Å²) in [5.41, 5.74) is 48.7. The summed E-state index contributed by atoms with van der Waals surface area (Å²) in [6.07, 6.45) is 13.9. The monoisotopic (exact) mass is 1540 g/mol. The van der Waals surface area contributed by atoms with Crippen LogP contribution in [0.15, 0.2) is 159 Å². The number of rotatable bonds is 24. The second-order valence-electron chi connectivity index (χ2n) is 30.1. The van der Waals surface area contributed by atoms with E-state index in [1.165, 1.54) is 36.4 Å². The molecular formula is C83H104N28O3. The summed E-state index contributed by atoms with van der Waals surface area (Å²) < 4.78 is 13.1. The zero-order valence-corrected chi connectivity index (χ0v) is 66.3. The van der Waals surface area contributed by atoms with Gasteiger partial charge < -0.3 is 55.1 Å². The molecule has 4 aromatic carbocycles. The van der Waals surface area contributed by atoms with Gasteiger partial charge in [-0.3, -0.25) is 14.6 Å². The molecule has 0 saturated carbocycles. The summed E-state index contributed by atoms with van der Waals surface area (Å²) in [5, 5.41) is 31.5. The lowest BCUT2D eigenvalue weighted by atomic mass is 10.1. The van der Waals surface area contributed by atoms with Gasteiger partial charge in [-0.15, -0.1) is 0 Å². The lowest BCUT2D eigenvalue weighted by Crippen LogP contribution is -2.41. The standard InChI is InChI=1S/C26H31N7O2.C20H22N8.C20H27N7O.C16H20N6.CH4/c1-5-6-13-35-19-11-12-28-20(14-19)25(34)29-15-26(3,4)33-24-21(23(27)30-16-31-24)22(32-33)18-9-7-17(2)8-10-18;1-13-5-7-14(8-6-13)16-15-17(21)25-12-26-18(15)28(27-16)20(2,3)11-24-19-22-9-4-10-23-19;1-13-6-8-14(9-7-13)17-16-18(22)24-12-25-19(16)27(26-17)20(2,3)11-23-15(28)5-4-10-21;1-10-4-6-11(7-5-10)13-12-14(18)19-9-20-15(12)22(21-13)16(2,3)8-17;/h7-12,14,16H,5-6,13,15H2,1-4H3,(H,29,34)(H2,27,30,31);4-10,12H,11H2,1-3H3,(H2,21,25,26)(H,22,23,24);6-9,12H,4-5,10-11,21H2,1-3H3,(H,23,28)(H2,22,24,25);4-7,9H,8,17H2,1-3H3,(H2,18,19,20);1H4. The van der Waals surface area contributed by atoms with Gasteiger partial charge >= 0.3 is 0 Å². The molecule has 0 unspecified atom stereocenters. The van der Waals surface area contributed by atoms with Gasteiger partial charge in [-0.1, -0.05) is 140 Å². The van der Waals surface area contributed by atoms with Gasteiger partial charge in [0, 0.05) is 79.5 Å². The van der Waals surface area contributed by atoms with Gasteiger partial charge in [0.1, 0.15) is 82.8 Å². The third-order valence-electron chi connectivity index (χ3n) is 19.1. The van der Waals surface area contributed by atoms with E-state index in [1.807, 2.05) is 154 Å². The zero-order chi connectivity index (χ0) is 80.9. The first-order valence-corrected chi connectivity index (χ1v) is 37.3. The summed E-state index contributed by atoms with van der Waals surface area (Å²) in [6.45, 7) is 29.2. The summed E-state index contributed by atoms with van der Waals surface area (Å²) in [7, 11) is 0. The SMILES string of the molecule is C.CCCCOc1ccnc(C(=O)NCC(C)(C)n2nc(-c3ccc(C)cc3)c3c(N)ncnc32)c1.Cc1ccc(-c2nn(C(C)(C)CN)c3ncnc(N)c23)cc1.Cc1ccc(-c2nn(C(C)(C)CNC(=O)CCCN)c3ncnc(N)c23)cc1.Cc1ccc(-c2nn(C(C)(C)CNc3ncccn3)c3ncnc(N)c23)cc1. The van der Waals surface area contributed by atoms with E-state index in [9.17, 15) is 9.59 Å². The molecule has 0 fully saturated rings. The first kappa shape index (κ1) is 83.4. The molecular weight excluding hydrogens is 1440 g/mol. The Morgan fingerprint density at radius 1 is 0.430 bits per heavy atom. The van der Waals surface area contributed by atoms with Crippen LogP contribution in [0.5, 0.6) is 5.75 Å². The van der Waals surface area contributed by atoms with E-state index in [2.05, 4.69) is 118 Å². The normalized spacial score (nSPS) is 11.6. The number of aryl methyl sites for hydroxylation is 4. The molecule has 594 valence electrons. The van der Waals surface area contributed by atoms with Crippen molar-refractivity contribution in [1.82, 2.24) is 105 Å². The van der Waals surface area contributed by atoms with Gasteiger partial charge in [0.2, 0.25) is 11.9 Å². The first-order valence-electron chi connectivity index (χ1n) is 37.3. The Labute approximate surface area is 663 Å². The molecule has 0 aliphatic carbocycles. The molecule has 10 heterocycles. The fraction of sp³-hybridized carbons (Fsp3) is 0.337. The van der Waals surface area contributed by atoms with Crippen molar-refractivity contribution < 1.29 is 14.3 Å². The molecule has 14 aromatic rings. The van der Waals surface area contributed by atoms with Gasteiger partial charge in [-0.25, -0.2) is 68.6 Å². The Morgan fingerprint density at radius 2 is 0.781 bits per heavy atom. The third-order valence-corrected chi connectivity index (χ3v) is 19.1. The Morgan fingerprint density at radius 3 is 1.13 bits per heavy atom. The van der Waals surface area contributed by atoms with Crippen molar-refractivity contribution in [1.29, 1.82) is 0 Å². The minimum atomic E-state index is -0.618. The second kappa shape index (κ2) is 36.0. The van der Waals surface area contributed by atoms with Crippen LogP contribution in [0.4, 0.5) is 29.2 Å². The molecule has 0 aliphatic heterocycles. The van der Waals surface area contributed by atoms with Gasteiger partial charge in [-0.2, -0.15) is 20.4 Å². The number of anilines is 5. The number of hydrogen-bond acceptors (Lipinski definition) is 25. The molecule has 14 rings (SSSR count). The molecule has 2 amide bonds. The highest BCUT2D eigenvalue weighted by Crippen LogP contribution is 2.38. The van der Waals surface area contributed by atoms with Crippen LogP contribution < -0.4 is 55.1 Å². The molecule has 0 saturated heterocycles. The number of carbonyl (C=O) groups is 2. The largest absolute Gasteiger partial charge is 0.493 e. The van der Waals surface area contributed by atoms with E-state index >= 15 is 0 Å². The van der Waals surface area contributed by atoms with Crippen LogP contribution in [0.2, 0.25) is 0 Å². The maximum Gasteiger partial charge on any atom is 0.270 e. The molecule has 0 spiro atoms. The van der Waals surface area contributed by atoms with Crippen molar-refractivity contribution in [2.75, 3.05) is 67.6 Å². The predicted molar refractivity (Wildman–Crippen MR) is 452 cm³/mol. The van der Waals surface area contributed by atoms with Crippen LogP contribution in [-0.4, -0.2) is 145 Å². The lowest BCUT2D eigenvalue weighted by Gasteiger charge is -2.26. The number of hydrogen-bond donors (Lipinski definition) is 9. The van der Waals surface area contributed by atoms with Crippen molar-refractivity contribution in [3.63, 3.8) is 0 Å². The van der Waals surface area contributed by atoms with Crippen molar-refractivity contribution in [2.24, 2.45) is 11.5 Å². The number of nitrogens with one attached hydrogen (secondary N) is 3. The van der Waals surface area contributed by atoms with E-state index in [0.29, 0.717) is 132 Å². The van der Waals surface area contributed by atoms with Crippen LogP contribution in [0.25, 0.3) is 89.2 Å². The van der Waals surface area contributed by atoms with Crippen molar-refractivity contribution in [3.8, 4) is 50.8 Å². The van der Waals surface area contributed by atoms with E-state index in [4.69, 9.17) is 59.5 Å². The number of fused-ring (bicyclic) bond motifs is 4. The summed E-state index contributed by atoms with van der Waals surface area (Å²) >= 11 is 0. The van der Waals surface area contributed by atoms with Gasteiger partial charge in [0.15, 0.2) is 22.6 Å². The number of pyridine rings is 1. The van der Waals surface area contributed by atoms with Gasteiger partial charge in [0.05, 0.1) is 50.3 Å². The quantitative estimate of drug-likeness (QED) is 0.0254. The number of nitrogens with two attached hydrogens (primary N) is 6. The smallest absolute Gasteiger partial charge is 0.270 e. The molecule has 15 N–H and O–H groups in total. The fourth-order valence-corrected chi connectivity index (χ4v) is 12.2.